The van der Waals surface area contributed by atoms with Gasteiger partial charge in [-0.3, -0.25) is 0 Å². The normalized spacial score (nSPS) is 16.9. The van der Waals surface area contributed by atoms with Gasteiger partial charge in [-0.15, -0.1) is 0 Å². The first kappa shape index (κ1) is 14.2. The number of methoxy groups -OCH3 is 1. The lowest BCUT2D eigenvalue weighted by Crippen LogP contribution is -2.37. The standard InChI is InChI=1S/C14H21N5O2/c1-21-8-11-7-12(19-13(18-11)16-10-17-19)15-9-14(5-6-20)3-2-4-14/h7,10,15,20H,2-6,8-9H2,1H3. The van der Waals surface area contributed by atoms with E-state index >= 15 is 0 Å². The molecule has 0 amide bonds. The summed E-state index contributed by atoms with van der Waals surface area (Å²) in [4.78, 5) is 8.53. The molecule has 1 saturated carbocycles. The summed E-state index contributed by atoms with van der Waals surface area (Å²) in [6.45, 7) is 1.52. The molecule has 0 atom stereocenters. The maximum atomic E-state index is 9.24. The molecule has 2 aromatic heterocycles. The zero-order valence-electron chi connectivity index (χ0n) is 12.2. The van der Waals surface area contributed by atoms with Crippen LogP contribution in [0.5, 0.6) is 0 Å². The summed E-state index contributed by atoms with van der Waals surface area (Å²) >= 11 is 0. The summed E-state index contributed by atoms with van der Waals surface area (Å²) in [6, 6.07) is 1.94. The molecule has 114 valence electrons. The Morgan fingerprint density at radius 2 is 2.33 bits per heavy atom. The zero-order chi connectivity index (χ0) is 14.7. The van der Waals surface area contributed by atoms with Crippen LogP contribution in [-0.4, -0.2) is 45.0 Å². The number of nitrogens with zero attached hydrogens (tertiary/aromatic N) is 4. The molecule has 0 aliphatic heterocycles. The van der Waals surface area contributed by atoms with Crippen molar-refractivity contribution in [2.45, 2.75) is 32.3 Å². The lowest BCUT2D eigenvalue weighted by atomic mass is 9.67. The molecule has 7 heteroatoms. The van der Waals surface area contributed by atoms with Crippen molar-refractivity contribution in [3.63, 3.8) is 0 Å². The van der Waals surface area contributed by atoms with E-state index in [1.165, 1.54) is 12.7 Å². The first-order chi connectivity index (χ1) is 10.3. The third-order valence-electron chi connectivity index (χ3n) is 4.30. The molecule has 0 bridgehead atoms. The van der Waals surface area contributed by atoms with E-state index in [0.717, 1.165) is 37.3 Å². The number of nitrogens with one attached hydrogen (secondary N) is 1. The highest BCUT2D eigenvalue weighted by atomic mass is 16.5. The minimum Gasteiger partial charge on any atom is -0.396 e. The van der Waals surface area contributed by atoms with Crippen molar-refractivity contribution in [3.05, 3.63) is 18.1 Å². The fraction of sp³-hybridized carbons (Fsp3) is 0.643. The van der Waals surface area contributed by atoms with Gasteiger partial charge in [-0.1, -0.05) is 6.42 Å². The first-order valence-corrected chi connectivity index (χ1v) is 7.30. The number of ether oxygens (including phenoxy) is 1. The summed E-state index contributed by atoms with van der Waals surface area (Å²) in [7, 11) is 1.65. The van der Waals surface area contributed by atoms with E-state index in [4.69, 9.17) is 4.74 Å². The van der Waals surface area contributed by atoms with Gasteiger partial charge in [0.05, 0.1) is 12.3 Å². The van der Waals surface area contributed by atoms with Crippen molar-refractivity contribution in [2.24, 2.45) is 5.41 Å². The fourth-order valence-corrected chi connectivity index (χ4v) is 2.92. The van der Waals surface area contributed by atoms with Gasteiger partial charge >= 0.3 is 0 Å². The van der Waals surface area contributed by atoms with Crippen molar-refractivity contribution < 1.29 is 9.84 Å². The number of hydrogen-bond donors (Lipinski definition) is 2. The van der Waals surface area contributed by atoms with Gasteiger partial charge in [0.25, 0.3) is 5.78 Å². The summed E-state index contributed by atoms with van der Waals surface area (Å²) < 4.78 is 6.84. The van der Waals surface area contributed by atoms with Crippen LogP contribution >= 0.6 is 0 Å². The minimum absolute atomic E-state index is 0.215. The summed E-state index contributed by atoms with van der Waals surface area (Å²) in [5.41, 5.74) is 1.04. The second-order valence-corrected chi connectivity index (χ2v) is 5.72. The molecule has 0 saturated heterocycles. The van der Waals surface area contributed by atoms with Gasteiger partial charge in [-0.2, -0.15) is 14.6 Å². The molecule has 1 fully saturated rings. The van der Waals surface area contributed by atoms with Gasteiger partial charge < -0.3 is 15.2 Å². The van der Waals surface area contributed by atoms with Gasteiger partial charge in [-0.25, -0.2) is 4.98 Å². The van der Waals surface area contributed by atoms with Crippen molar-refractivity contribution in [2.75, 3.05) is 25.6 Å². The number of aliphatic hydroxyl groups is 1. The average Bonchev–Trinajstić information content (AvgIpc) is 2.90. The summed E-state index contributed by atoms with van der Waals surface area (Å²) in [5, 5.41) is 16.9. The Balaban J connectivity index is 1.80. The molecule has 21 heavy (non-hydrogen) atoms. The Bertz CT molecular complexity index is 608. The number of fused-ring (bicyclic) bond motifs is 1. The van der Waals surface area contributed by atoms with Crippen molar-refractivity contribution in [1.29, 1.82) is 0 Å². The van der Waals surface area contributed by atoms with Gasteiger partial charge in [-0.05, 0) is 24.7 Å². The molecule has 0 aromatic carbocycles. The maximum Gasteiger partial charge on any atom is 0.254 e. The third kappa shape index (κ3) is 2.84. The summed E-state index contributed by atoms with van der Waals surface area (Å²) in [5.74, 6) is 1.44. The van der Waals surface area contributed by atoms with E-state index in [0.29, 0.717) is 12.4 Å². The molecule has 0 spiro atoms. The zero-order valence-corrected chi connectivity index (χ0v) is 12.2. The van der Waals surface area contributed by atoms with Crippen LogP contribution < -0.4 is 5.32 Å². The number of rotatable bonds is 7. The maximum absolute atomic E-state index is 9.24. The fourth-order valence-electron chi connectivity index (χ4n) is 2.92. The highest BCUT2D eigenvalue weighted by Crippen LogP contribution is 2.43. The van der Waals surface area contributed by atoms with Crippen molar-refractivity contribution >= 4 is 11.6 Å². The second-order valence-electron chi connectivity index (χ2n) is 5.72. The van der Waals surface area contributed by atoms with E-state index in [2.05, 4.69) is 20.4 Å². The Kier molecular flexibility index (Phi) is 4.03. The number of hydrogen-bond acceptors (Lipinski definition) is 6. The van der Waals surface area contributed by atoms with Crippen LogP contribution in [0.2, 0.25) is 0 Å². The Morgan fingerprint density at radius 1 is 1.48 bits per heavy atom. The average molecular weight is 291 g/mol. The van der Waals surface area contributed by atoms with E-state index in [-0.39, 0.29) is 12.0 Å². The van der Waals surface area contributed by atoms with Crippen molar-refractivity contribution in [3.8, 4) is 0 Å². The highest BCUT2D eigenvalue weighted by Gasteiger charge is 2.36. The molecule has 3 rings (SSSR count). The number of anilines is 1. The molecule has 7 nitrogen and oxygen atoms in total. The van der Waals surface area contributed by atoms with E-state index in [1.807, 2.05) is 6.07 Å². The quantitative estimate of drug-likeness (QED) is 0.798. The van der Waals surface area contributed by atoms with E-state index in [9.17, 15) is 5.11 Å². The molecule has 2 aromatic rings. The lowest BCUT2D eigenvalue weighted by Gasteiger charge is -2.42. The van der Waals surface area contributed by atoms with E-state index < -0.39 is 0 Å². The Labute approximate surface area is 123 Å². The van der Waals surface area contributed by atoms with Crippen LogP contribution in [0.25, 0.3) is 5.78 Å². The molecular formula is C14H21N5O2. The smallest absolute Gasteiger partial charge is 0.254 e. The molecule has 0 radical (unpaired) electrons. The third-order valence-corrected chi connectivity index (χ3v) is 4.30. The first-order valence-electron chi connectivity index (χ1n) is 7.30. The topological polar surface area (TPSA) is 84.6 Å². The monoisotopic (exact) mass is 291 g/mol. The van der Waals surface area contributed by atoms with Crippen LogP contribution in [0.1, 0.15) is 31.4 Å². The largest absolute Gasteiger partial charge is 0.396 e. The summed E-state index contributed by atoms with van der Waals surface area (Å²) in [6.07, 6.45) is 5.91. The molecule has 1 aliphatic rings. The van der Waals surface area contributed by atoms with Crippen LogP contribution in [0, 0.1) is 5.41 Å². The van der Waals surface area contributed by atoms with Crippen molar-refractivity contribution in [1.82, 2.24) is 19.6 Å². The van der Waals surface area contributed by atoms with Crippen LogP contribution in [0.3, 0.4) is 0 Å². The van der Waals surface area contributed by atoms with Gasteiger partial charge in [0.1, 0.15) is 12.1 Å². The van der Waals surface area contributed by atoms with Crippen LogP contribution in [0.4, 0.5) is 5.82 Å². The highest BCUT2D eigenvalue weighted by molar-refractivity contribution is 5.45. The van der Waals surface area contributed by atoms with Gasteiger partial charge in [0.2, 0.25) is 0 Å². The SMILES string of the molecule is COCc1cc(NCC2(CCO)CCC2)n2ncnc2n1. The Morgan fingerprint density at radius 3 is 3.00 bits per heavy atom. The molecule has 0 unspecified atom stereocenters. The molecular weight excluding hydrogens is 270 g/mol. The number of aliphatic hydroxyl groups excluding tert-OH is 1. The number of aromatic nitrogens is 4. The Hall–Kier alpha value is -1.73. The molecule has 2 heterocycles. The molecule has 1 aliphatic carbocycles. The predicted molar refractivity (Wildman–Crippen MR) is 78.0 cm³/mol. The van der Waals surface area contributed by atoms with E-state index in [1.54, 1.807) is 11.6 Å². The minimum atomic E-state index is 0.215. The lowest BCUT2D eigenvalue weighted by molar-refractivity contribution is 0.101. The van der Waals surface area contributed by atoms with Crippen LogP contribution in [0.15, 0.2) is 12.4 Å². The second kappa shape index (κ2) is 5.95. The van der Waals surface area contributed by atoms with Gasteiger partial charge in [0, 0.05) is 26.3 Å². The van der Waals surface area contributed by atoms with Gasteiger partial charge in [0.15, 0.2) is 0 Å². The molecule has 2 N–H and O–H groups in total. The predicted octanol–water partition coefficient (Wildman–Crippen LogP) is 1.24. The van der Waals surface area contributed by atoms with Crippen LogP contribution in [-0.2, 0) is 11.3 Å².